The molecule has 6 nitrogen and oxygen atoms in total. The van der Waals surface area contributed by atoms with E-state index in [1.807, 2.05) is 37.3 Å². The maximum Gasteiger partial charge on any atom is 0.231 e. The molecule has 2 N–H and O–H groups in total. The van der Waals surface area contributed by atoms with Gasteiger partial charge in [-0.2, -0.15) is 4.98 Å². The number of hydrogen-bond donors (Lipinski definition) is 1. The topological polar surface area (TPSA) is 80.5 Å². The lowest BCUT2D eigenvalue weighted by molar-refractivity contribution is 0.336. The van der Waals surface area contributed by atoms with Gasteiger partial charge >= 0.3 is 0 Å². The number of hydrogen-bond acceptors (Lipinski definition) is 4. The molecule has 0 radical (unpaired) electrons. The molecule has 1 saturated heterocycles. The van der Waals surface area contributed by atoms with E-state index in [1.54, 1.807) is 0 Å². The van der Waals surface area contributed by atoms with Gasteiger partial charge in [-0.1, -0.05) is 42.4 Å². The zero-order valence-corrected chi connectivity index (χ0v) is 16.2. The summed E-state index contributed by atoms with van der Waals surface area (Å²) in [4.78, 5) is 11.1. The fourth-order valence-corrected chi connectivity index (χ4v) is 2.67. The number of piperidine rings is 1. The first-order valence-corrected chi connectivity index (χ1v) is 8.18. The van der Waals surface area contributed by atoms with Crippen LogP contribution in [0.15, 0.2) is 39.8 Å². The summed E-state index contributed by atoms with van der Waals surface area (Å²) in [5.41, 5.74) is 7.03. The standard InChI is InChI=1S/C17H23N5O.HI/c1-13(12-19-17(18)22-10-6-3-7-11-22)16-20-15(21-23-16)14-8-4-2-5-9-14;/h2,4-5,8-9,13H,3,6-7,10-12H2,1H3,(H2,18,19);1H. The molecule has 1 aliphatic rings. The second-order valence-corrected chi connectivity index (χ2v) is 5.97. The van der Waals surface area contributed by atoms with E-state index in [4.69, 9.17) is 10.3 Å². The van der Waals surface area contributed by atoms with Crippen LogP contribution in [0.3, 0.4) is 0 Å². The largest absolute Gasteiger partial charge is 0.370 e. The molecule has 1 aromatic carbocycles. The number of halogens is 1. The first kappa shape index (κ1) is 18.7. The molecule has 0 bridgehead atoms. The average molecular weight is 441 g/mol. The van der Waals surface area contributed by atoms with Crippen molar-refractivity contribution >= 4 is 29.9 Å². The molecule has 1 aromatic heterocycles. The maximum absolute atomic E-state index is 6.08. The van der Waals surface area contributed by atoms with Crippen LogP contribution in [-0.4, -0.2) is 40.6 Å². The van der Waals surface area contributed by atoms with Crippen molar-refractivity contribution in [3.8, 4) is 11.4 Å². The molecule has 1 fully saturated rings. The van der Waals surface area contributed by atoms with Crippen molar-refractivity contribution in [3.05, 3.63) is 36.2 Å². The van der Waals surface area contributed by atoms with Crippen molar-refractivity contribution in [2.45, 2.75) is 32.1 Å². The predicted octanol–water partition coefficient (Wildman–Crippen LogP) is 3.26. The van der Waals surface area contributed by atoms with Gasteiger partial charge in [-0.25, -0.2) is 0 Å². The Bertz CT molecular complexity index is 652. The Morgan fingerprint density at radius 3 is 2.67 bits per heavy atom. The average Bonchev–Trinajstić information content (AvgIpc) is 3.11. The number of likely N-dealkylation sites (tertiary alicyclic amines) is 1. The van der Waals surface area contributed by atoms with Gasteiger partial charge in [0, 0.05) is 18.7 Å². The fourth-order valence-electron chi connectivity index (χ4n) is 2.67. The second-order valence-electron chi connectivity index (χ2n) is 5.97. The van der Waals surface area contributed by atoms with Crippen LogP contribution in [0.1, 0.15) is 38.0 Å². The molecule has 0 aliphatic carbocycles. The molecule has 24 heavy (non-hydrogen) atoms. The minimum atomic E-state index is 0. The quantitative estimate of drug-likeness (QED) is 0.448. The number of aliphatic imine (C=N–C) groups is 1. The highest BCUT2D eigenvalue weighted by Crippen LogP contribution is 2.19. The van der Waals surface area contributed by atoms with Gasteiger partial charge in [-0.3, -0.25) is 4.99 Å². The molecule has 7 heteroatoms. The van der Waals surface area contributed by atoms with E-state index in [-0.39, 0.29) is 29.9 Å². The lowest BCUT2D eigenvalue weighted by Crippen LogP contribution is -2.41. The lowest BCUT2D eigenvalue weighted by Gasteiger charge is -2.27. The first-order chi connectivity index (χ1) is 11.2. The van der Waals surface area contributed by atoms with Gasteiger partial charge in [0.2, 0.25) is 11.7 Å². The van der Waals surface area contributed by atoms with E-state index >= 15 is 0 Å². The number of aromatic nitrogens is 2. The Hall–Kier alpha value is -1.64. The van der Waals surface area contributed by atoms with Crippen molar-refractivity contribution in [3.63, 3.8) is 0 Å². The van der Waals surface area contributed by atoms with Crippen molar-refractivity contribution < 1.29 is 4.52 Å². The number of benzene rings is 1. The molecule has 130 valence electrons. The van der Waals surface area contributed by atoms with Gasteiger partial charge in [0.25, 0.3) is 0 Å². The summed E-state index contributed by atoms with van der Waals surface area (Å²) in [6, 6.07) is 9.81. The van der Waals surface area contributed by atoms with E-state index in [9.17, 15) is 0 Å². The van der Waals surface area contributed by atoms with Gasteiger partial charge < -0.3 is 15.2 Å². The highest BCUT2D eigenvalue weighted by atomic mass is 127. The summed E-state index contributed by atoms with van der Waals surface area (Å²) in [6.07, 6.45) is 3.66. The third-order valence-corrected chi connectivity index (χ3v) is 4.10. The van der Waals surface area contributed by atoms with Crippen molar-refractivity contribution in [1.82, 2.24) is 15.0 Å². The van der Waals surface area contributed by atoms with Gasteiger partial charge in [0.05, 0.1) is 12.5 Å². The normalized spacial score (nSPS) is 16.5. The highest BCUT2D eigenvalue weighted by molar-refractivity contribution is 14.0. The molecule has 0 amide bonds. The molecule has 3 rings (SSSR count). The van der Waals surface area contributed by atoms with Crippen LogP contribution >= 0.6 is 24.0 Å². The summed E-state index contributed by atoms with van der Waals surface area (Å²) in [5, 5.41) is 4.05. The zero-order chi connectivity index (χ0) is 16.1. The minimum absolute atomic E-state index is 0. The smallest absolute Gasteiger partial charge is 0.231 e. The van der Waals surface area contributed by atoms with Crippen molar-refractivity contribution in [2.24, 2.45) is 10.7 Å². The zero-order valence-electron chi connectivity index (χ0n) is 13.9. The molecule has 0 spiro atoms. The van der Waals surface area contributed by atoms with Crippen LogP contribution in [0.2, 0.25) is 0 Å². The third-order valence-electron chi connectivity index (χ3n) is 4.10. The van der Waals surface area contributed by atoms with Gasteiger partial charge in [-0.15, -0.1) is 24.0 Å². The molecular formula is C17H24IN5O. The van der Waals surface area contributed by atoms with Gasteiger partial charge in [0.1, 0.15) is 0 Å². The Labute approximate surface area is 159 Å². The molecule has 2 heterocycles. The number of guanidine groups is 1. The van der Waals surface area contributed by atoms with E-state index in [0.717, 1.165) is 18.7 Å². The monoisotopic (exact) mass is 441 g/mol. The Morgan fingerprint density at radius 2 is 1.96 bits per heavy atom. The Kier molecular flexibility index (Phi) is 7.01. The lowest BCUT2D eigenvalue weighted by atomic mass is 10.1. The van der Waals surface area contributed by atoms with Crippen molar-refractivity contribution in [2.75, 3.05) is 19.6 Å². The van der Waals surface area contributed by atoms with E-state index in [1.165, 1.54) is 19.3 Å². The molecule has 2 aromatic rings. The second kappa shape index (κ2) is 9.00. The first-order valence-electron chi connectivity index (χ1n) is 8.18. The van der Waals surface area contributed by atoms with E-state index < -0.39 is 0 Å². The van der Waals surface area contributed by atoms with Crippen LogP contribution in [0.4, 0.5) is 0 Å². The van der Waals surface area contributed by atoms with E-state index in [2.05, 4.69) is 20.0 Å². The Balaban J connectivity index is 0.00000208. The molecule has 1 atom stereocenters. The summed E-state index contributed by atoms with van der Waals surface area (Å²) in [5.74, 6) is 1.88. The maximum atomic E-state index is 6.08. The fraction of sp³-hybridized carbons (Fsp3) is 0.471. The molecule has 0 saturated carbocycles. The minimum Gasteiger partial charge on any atom is -0.370 e. The molecule has 1 aliphatic heterocycles. The number of nitrogens with two attached hydrogens (primary N) is 1. The summed E-state index contributed by atoms with van der Waals surface area (Å²) in [6.45, 7) is 4.58. The van der Waals surface area contributed by atoms with Crippen LogP contribution in [0, 0.1) is 0 Å². The summed E-state index contributed by atoms with van der Waals surface area (Å²) < 4.78 is 5.37. The number of nitrogens with zero attached hydrogens (tertiary/aromatic N) is 4. The predicted molar refractivity (Wildman–Crippen MR) is 105 cm³/mol. The number of rotatable bonds is 4. The van der Waals surface area contributed by atoms with Crippen molar-refractivity contribution in [1.29, 1.82) is 0 Å². The van der Waals surface area contributed by atoms with Crippen LogP contribution < -0.4 is 5.73 Å². The SMILES string of the molecule is CC(CN=C(N)N1CCCCC1)c1nc(-c2ccccc2)no1.I. The van der Waals surface area contributed by atoms with E-state index in [0.29, 0.717) is 24.2 Å². The van der Waals surface area contributed by atoms with Crippen LogP contribution in [0.25, 0.3) is 11.4 Å². The highest BCUT2D eigenvalue weighted by Gasteiger charge is 2.16. The van der Waals surface area contributed by atoms with Gasteiger partial charge in [-0.05, 0) is 19.3 Å². The third kappa shape index (κ3) is 4.68. The van der Waals surface area contributed by atoms with Gasteiger partial charge in [0.15, 0.2) is 5.96 Å². The molecule has 1 unspecified atom stereocenters. The summed E-state index contributed by atoms with van der Waals surface area (Å²) >= 11 is 0. The summed E-state index contributed by atoms with van der Waals surface area (Å²) in [7, 11) is 0. The Morgan fingerprint density at radius 1 is 1.25 bits per heavy atom. The van der Waals surface area contributed by atoms with Crippen LogP contribution in [-0.2, 0) is 0 Å². The molecular weight excluding hydrogens is 417 g/mol. The van der Waals surface area contributed by atoms with Crippen LogP contribution in [0.5, 0.6) is 0 Å².